The molecule has 1 saturated heterocycles. The summed E-state index contributed by atoms with van der Waals surface area (Å²) < 4.78 is 0. The minimum atomic E-state index is -0.312. The van der Waals surface area contributed by atoms with Gasteiger partial charge in [-0.25, -0.2) is 0 Å². The molecule has 1 aliphatic heterocycles. The number of hydrogen-bond acceptors (Lipinski definition) is 2. The Morgan fingerprint density at radius 2 is 2.21 bits per heavy atom. The molecular formula is C11H22N2O. The average molecular weight is 198 g/mol. The van der Waals surface area contributed by atoms with Gasteiger partial charge in [0.05, 0.1) is 12.2 Å². The van der Waals surface area contributed by atoms with Crippen molar-refractivity contribution >= 4 is 5.91 Å². The molecule has 1 fully saturated rings. The maximum atomic E-state index is 12.0. The van der Waals surface area contributed by atoms with E-state index in [4.69, 9.17) is 0 Å². The van der Waals surface area contributed by atoms with Gasteiger partial charge in [0.15, 0.2) is 0 Å². The summed E-state index contributed by atoms with van der Waals surface area (Å²) in [6, 6.07) is 0. The van der Waals surface area contributed by atoms with Crippen molar-refractivity contribution in [1.82, 2.24) is 10.2 Å². The lowest BCUT2D eigenvalue weighted by molar-refractivity contribution is -0.132. The molecule has 0 radical (unpaired) electrons. The highest BCUT2D eigenvalue weighted by molar-refractivity contribution is 5.87. The third kappa shape index (κ3) is 2.08. The van der Waals surface area contributed by atoms with Crippen molar-refractivity contribution in [2.75, 3.05) is 13.2 Å². The van der Waals surface area contributed by atoms with Crippen LogP contribution in [0.5, 0.6) is 0 Å². The van der Waals surface area contributed by atoms with E-state index in [1.165, 1.54) is 0 Å². The Balaban J connectivity index is 2.56. The van der Waals surface area contributed by atoms with Crippen molar-refractivity contribution < 1.29 is 4.79 Å². The number of amides is 1. The van der Waals surface area contributed by atoms with Crippen LogP contribution in [0.25, 0.3) is 0 Å². The van der Waals surface area contributed by atoms with Crippen molar-refractivity contribution in [3.05, 3.63) is 0 Å². The van der Waals surface area contributed by atoms with Gasteiger partial charge in [0, 0.05) is 6.54 Å². The summed E-state index contributed by atoms with van der Waals surface area (Å²) in [4.78, 5) is 13.9. The Labute approximate surface area is 86.9 Å². The summed E-state index contributed by atoms with van der Waals surface area (Å²) >= 11 is 0. The molecule has 14 heavy (non-hydrogen) atoms. The highest BCUT2D eigenvalue weighted by Gasteiger charge is 2.40. The van der Waals surface area contributed by atoms with Crippen LogP contribution in [0.1, 0.15) is 40.5 Å². The SMILES string of the molecule is CCC(C)CN1CNC(C)(CC)C1=O. The smallest absolute Gasteiger partial charge is 0.243 e. The van der Waals surface area contributed by atoms with Gasteiger partial charge in [-0.05, 0) is 19.3 Å². The largest absolute Gasteiger partial charge is 0.328 e. The molecule has 3 heteroatoms. The fourth-order valence-corrected chi connectivity index (χ4v) is 1.70. The van der Waals surface area contributed by atoms with Gasteiger partial charge in [-0.3, -0.25) is 10.1 Å². The first-order valence-electron chi connectivity index (χ1n) is 5.58. The van der Waals surface area contributed by atoms with Gasteiger partial charge in [-0.1, -0.05) is 27.2 Å². The number of carbonyl (C=O) groups is 1. The Hall–Kier alpha value is -0.570. The summed E-state index contributed by atoms with van der Waals surface area (Å²) in [6.07, 6.45) is 2.00. The quantitative estimate of drug-likeness (QED) is 0.744. The van der Waals surface area contributed by atoms with E-state index in [-0.39, 0.29) is 11.4 Å². The van der Waals surface area contributed by atoms with E-state index in [9.17, 15) is 4.79 Å². The normalized spacial score (nSPS) is 29.7. The zero-order valence-corrected chi connectivity index (χ0v) is 9.76. The van der Waals surface area contributed by atoms with Gasteiger partial charge in [0.2, 0.25) is 5.91 Å². The molecule has 0 aromatic carbocycles. The fraction of sp³-hybridized carbons (Fsp3) is 0.909. The third-order valence-corrected chi connectivity index (χ3v) is 3.36. The number of hydrogen-bond donors (Lipinski definition) is 1. The van der Waals surface area contributed by atoms with Gasteiger partial charge in [0.25, 0.3) is 0 Å². The lowest BCUT2D eigenvalue weighted by Crippen LogP contribution is -2.43. The first-order valence-corrected chi connectivity index (χ1v) is 5.58. The molecule has 1 aliphatic rings. The molecule has 0 aromatic rings. The summed E-state index contributed by atoms with van der Waals surface area (Å²) in [6.45, 7) is 10.0. The summed E-state index contributed by atoms with van der Waals surface area (Å²) in [5.74, 6) is 0.861. The van der Waals surface area contributed by atoms with E-state index in [0.29, 0.717) is 12.6 Å². The Bertz CT molecular complexity index is 217. The zero-order valence-electron chi connectivity index (χ0n) is 9.76. The van der Waals surface area contributed by atoms with Gasteiger partial charge in [-0.2, -0.15) is 0 Å². The first-order chi connectivity index (χ1) is 6.53. The van der Waals surface area contributed by atoms with E-state index in [1.807, 2.05) is 11.8 Å². The molecule has 3 nitrogen and oxygen atoms in total. The van der Waals surface area contributed by atoms with Crippen LogP contribution in [0.4, 0.5) is 0 Å². The average Bonchev–Trinajstić information content (AvgIpc) is 2.47. The van der Waals surface area contributed by atoms with Crippen LogP contribution in [0.3, 0.4) is 0 Å². The maximum absolute atomic E-state index is 12.0. The van der Waals surface area contributed by atoms with Crippen LogP contribution < -0.4 is 5.32 Å². The summed E-state index contributed by atoms with van der Waals surface area (Å²) in [5, 5.41) is 3.29. The first kappa shape index (κ1) is 11.5. The number of nitrogens with zero attached hydrogens (tertiary/aromatic N) is 1. The molecule has 1 rings (SSSR count). The van der Waals surface area contributed by atoms with Crippen LogP contribution >= 0.6 is 0 Å². The molecule has 0 bridgehead atoms. The van der Waals surface area contributed by atoms with Crippen molar-refractivity contribution in [2.24, 2.45) is 5.92 Å². The monoisotopic (exact) mass is 198 g/mol. The molecule has 2 atom stereocenters. The molecule has 1 N–H and O–H groups in total. The van der Waals surface area contributed by atoms with Crippen LogP contribution in [-0.2, 0) is 4.79 Å². The highest BCUT2D eigenvalue weighted by Crippen LogP contribution is 2.20. The molecular weight excluding hydrogens is 176 g/mol. The van der Waals surface area contributed by atoms with Crippen molar-refractivity contribution in [3.63, 3.8) is 0 Å². The third-order valence-electron chi connectivity index (χ3n) is 3.36. The summed E-state index contributed by atoms with van der Waals surface area (Å²) in [7, 11) is 0. The Morgan fingerprint density at radius 3 is 2.64 bits per heavy atom. The second-order valence-corrected chi connectivity index (χ2v) is 4.56. The van der Waals surface area contributed by atoms with E-state index < -0.39 is 0 Å². The maximum Gasteiger partial charge on any atom is 0.243 e. The van der Waals surface area contributed by atoms with E-state index in [2.05, 4.69) is 26.1 Å². The van der Waals surface area contributed by atoms with Gasteiger partial charge >= 0.3 is 0 Å². The second kappa shape index (κ2) is 4.30. The molecule has 2 unspecified atom stereocenters. The molecule has 1 heterocycles. The highest BCUT2D eigenvalue weighted by atomic mass is 16.2. The molecule has 0 saturated carbocycles. The lowest BCUT2D eigenvalue weighted by atomic mass is 9.99. The number of nitrogens with one attached hydrogen (secondary N) is 1. The molecule has 82 valence electrons. The van der Waals surface area contributed by atoms with Crippen LogP contribution in [-0.4, -0.2) is 29.6 Å². The summed E-state index contributed by atoms with van der Waals surface area (Å²) in [5.41, 5.74) is -0.312. The van der Waals surface area contributed by atoms with Crippen molar-refractivity contribution in [2.45, 2.75) is 46.1 Å². The van der Waals surface area contributed by atoms with E-state index in [1.54, 1.807) is 0 Å². The topological polar surface area (TPSA) is 32.3 Å². The second-order valence-electron chi connectivity index (χ2n) is 4.56. The van der Waals surface area contributed by atoms with E-state index >= 15 is 0 Å². The van der Waals surface area contributed by atoms with Crippen molar-refractivity contribution in [3.8, 4) is 0 Å². The molecule has 0 aliphatic carbocycles. The van der Waals surface area contributed by atoms with Gasteiger partial charge in [0.1, 0.15) is 0 Å². The Kier molecular flexibility index (Phi) is 3.53. The van der Waals surface area contributed by atoms with Crippen LogP contribution in [0.15, 0.2) is 0 Å². The number of carbonyl (C=O) groups excluding carboxylic acids is 1. The van der Waals surface area contributed by atoms with Crippen LogP contribution in [0, 0.1) is 5.92 Å². The fourth-order valence-electron chi connectivity index (χ4n) is 1.70. The Morgan fingerprint density at radius 1 is 1.57 bits per heavy atom. The standard InChI is InChI=1S/C11H22N2O/c1-5-9(3)7-13-8-12-11(4,6-2)10(13)14/h9,12H,5-8H2,1-4H3. The molecule has 0 spiro atoms. The molecule has 1 amide bonds. The minimum absolute atomic E-state index is 0.264. The predicted octanol–water partition coefficient (Wildman–Crippen LogP) is 1.59. The van der Waals surface area contributed by atoms with E-state index in [0.717, 1.165) is 19.4 Å². The predicted molar refractivity (Wildman–Crippen MR) is 57.9 cm³/mol. The minimum Gasteiger partial charge on any atom is -0.328 e. The van der Waals surface area contributed by atoms with Gasteiger partial charge < -0.3 is 4.90 Å². The van der Waals surface area contributed by atoms with Crippen molar-refractivity contribution in [1.29, 1.82) is 0 Å². The van der Waals surface area contributed by atoms with Crippen LogP contribution in [0.2, 0.25) is 0 Å². The zero-order chi connectivity index (χ0) is 10.8. The number of rotatable bonds is 4. The lowest BCUT2D eigenvalue weighted by Gasteiger charge is -2.22. The van der Waals surface area contributed by atoms with Gasteiger partial charge in [-0.15, -0.1) is 0 Å². The molecule has 0 aromatic heterocycles.